The highest BCUT2D eigenvalue weighted by atomic mass is 16.6. The summed E-state index contributed by atoms with van der Waals surface area (Å²) in [6, 6.07) is 14.1. The van der Waals surface area contributed by atoms with E-state index in [9.17, 15) is 4.79 Å². The number of para-hydroxylation sites is 3. The molecule has 2 aromatic carbocycles. The molecule has 0 aromatic heterocycles. The first-order valence-corrected chi connectivity index (χ1v) is 6.83. The van der Waals surface area contributed by atoms with Crippen LogP contribution in [0.4, 0.5) is 0 Å². The quantitative estimate of drug-likeness (QED) is 0.600. The normalized spacial score (nSPS) is 10.0. The first kappa shape index (κ1) is 14.9. The van der Waals surface area contributed by atoms with Crippen LogP contribution in [0.1, 0.15) is 23.7 Å². The summed E-state index contributed by atoms with van der Waals surface area (Å²) in [4.78, 5) is 12.3. The third-order valence-corrected chi connectivity index (χ3v) is 2.84. The van der Waals surface area contributed by atoms with E-state index >= 15 is 0 Å². The van der Waals surface area contributed by atoms with Crippen LogP contribution in [0, 0.1) is 0 Å². The van der Waals surface area contributed by atoms with Crippen molar-refractivity contribution >= 4 is 5.97 Å². The summed E-state index contributed by atoms with van der Waals surface area (Å²) in [5, 5.41) is 0. The molecule has 110 valence electrons. The molecule has 0 bridgehead atoms. The van der Waals surface area contributed by atoms with Crippen LogP contribution in [0.25, 0.3) is 0 Å². The molecule has 0 heterocycles. The fourth-order valence-corrected chi connectivity index (χ4v) is 1.83. The monoisotopic (exact) mass is 286 g/mol. The molecular weight excluding hydrogens is 268 g/mol. The number of hydrogen-bond donors (Lipinski definition) is 0. The third kappa shape index (κ3) is 3.75. The van der Waals surface area contributed by atoms with E-state index in [0.29, 0.717) is 29.4 Å². The Morgan fingerprint density at radius 1 is 0.952 bits per heavy atom. The number of benzene rings is 2. The molecule has 4 heteroatoms. The molecule has 0 aliphatic heterocycles. The zero-order valence-corrected chi connectivity index (χ0v) is 12.2. The Bertz CT molecular complexity index is 607. The molecule has 0 amide bonds. The molecule has 0 unspecified atom stereocenters. The summed E-state index contributed by atoms with van der Waals surface area (Å²) < 4.78 is 16.1. The van der Waals surface area contributed by atoms with E-state index in [1.54, 1.807) is 36.4 Å². The average molecular weight is 286 g/mol. The van der Waals surface area contributed by atoms with Crippen molar-refractivity contribution < 1.29 is 19.0 Å². The molecule has 0 radical (unpaired) electrons. The van der Waals surface area contributed by atoms with Crippen molar-refractivity contribution in [3.63, 3.8) is 0 Å². The number of ether oxygens (including phenoxy) is 3. The highest BCUT2D eigenvalue weighted by molar-refractivity contribution is 5.94. The van der Waals surface area contributed by atoms with Gasteiger partial charge in [-0.1, -0.05) is 31.2 Å². The second-order valence-corrected chi connectivity index (χ2v) is 4.38. The van der Waals surface area contributed by atoms with Crippen LogP contribution in [-0.4, -0.2) is 19.7 Å². The fraction of sp³-hybridized carbons (Fsp3) is 0.235. The van der Waals surface area contributed by atoms with Crippen molar-refractivity contribution in [2.75, 3.05) is 13.7 Å². The van der Waals surface area contributed by atoms with Crippen LogP contribution in [0.15, 0.2) is 48.5 Å². The summed E-state index contributed by atoms with van der Waals surface area (Å²) in [6.45, 7) is 2.56. The lowest BCUT2D eigenvalue weighted by molar-refractivity contribution is 0.0725. The minimum atomic E-state index is -0.466. The van der Waals surface area contributed by atoms with Crippen LogP contribution >= 0.6 is 0 Å². The maximum Gasteiger partial charge on any atom is 0.347 e. The summed E-state index contributed by atoms with van der Waals surface area (Å²) >= 11 is 0. The maximum absolute atomic E-state index is 12.3. The highest BCUT2D eigenvalue weighted by Crippen LogP contribution is 2.28. The maximum atomic E-state index is 12.3. The smallest absolute Gasteiger partial charge is 0.347 e. The van der Waals surface area contributed by atoms with Gasteiger partial charge in [-0.15, -0.1) is 0 Å². The van der Waals surface area contributed by atoms with E-state index in [2.05, 4.69) is 0 Å². The van der Waals surface area contributed by atoms with Gasteiger partial charge in [-0.3, -0.25) is 0 Å². The zero-order valence-electron chi connectivity index (χ0n) is 12.2. The molecule has 0 spiro atoms. The van der Waals surface area contributed by atoms with Gasteiger partial charge >= 0.3 is 5.97 Å². The van der Waals surface area contributed by atoms with Gasteiger partial charge in [-0.25, -0.2) is 4.79 Å². The lowest BCUT2D eigenvalue weighted by Gasteiger charge is -2.12. The molecule has 0 N–H and O–H groups in total. The van der Waals surface area contributed by atoms with E-state index < -0.39 is 5.97 Å². The fourth-order valence-electron chi connectivity index (χ4n) is 1.83. The second kappa shape index (κ2) is 7.33. The summed E-state index contributed by atoms with van der Waals surface area (Å²) in [5.74, 6) is 0.957. The first-order chi connectivity index (χ1) is 10.3. The van der Waals surface area contributed by atoms with Gasteiger partial charge in [0.15, 0.2) is 11.5 Å². The molecule has 0 atom stereocenters. The number of rotatable bonds is 6. The number of esters is 1. The SMILES string of the molecule is CCCOc1ccccc1C(=O)Oc1ccccc1OC. The molecule has 2 rings (SSSR count). The van der Waals surface area contributed by atoms with Crippen molar-refractivity contribution in [2.24, 2.45) is 0 Å². The van der Waals surface area contributed by atoms with Gasteiger partial charge in [0.05, 0.1) is 13.7 Å². The highest BCUT2D eigenvalue weighted by Gasteiger charge is 2.16. The first-order valence-electron chi connectivity index (χ1n) is 6.83. The van der Waals surface area contributed by atoms with Crippen molar-refractivity contribution in [2.45, 2.75) is 13.3 Å². The van der Waals surface area contributed by atoms with Gasteiger partial charge < -0.3 is 14.2 Å². The molecule has 0 aliphatic rings. The van der Waals surface area contributed by atoms with Gasteiger partial charge in [0, 0.05) is 0 Å². The van der Waals surface area contributed by atoms with Crippen LogP contribution in [0.5, 0.6) is 17.2 Å². The molecule has 0 fully saturated rings. The number of hydrogen-bond acceptors (Lipinski definition) is 4. The van der Waals surface area contributed by atoms with Crippen LogP contribution in [0.3, 0.4) is 0 Å². The average Bonchev–Trinajstić information content (AvgIpc) is 2.53. The van der Waals surface area contributed by atoms with Crippen molar-refractivity contribution in [1.29, 1.82) is 0 Å². The number of methoxy groups -OCH3 is 1. The Morgan fingerprint density at radius 2 is 1.57 bits per heavy atom. The van der Waals surface area contributed by atoms with Crippen LogP contribution < -0.4 is 14.2 Å². The molecular formula is C17H18O4. The van der Waals surface area contributed by atoms with Gasteiger partial charge in [0.2, 0.25) is 0 Å². The Kier molecular flexibility index (Phi) is 5.21. The zero-order chi connectivity index (χ0) is 15.1. The van der Waals surface area contributed by atoms with E-state index in [1.165, 1.54) is 7.11 Å². The van der Waals surface area contributed by atoms with Gasteiger partial charge in [-0.2, -0.15) is 0 Å². The molecule has 0 saturated carbocycles. The molecule has 0 aliphatic carbocycles. The minimum Gasteiger partial charge on any atom is -0.493 e. The standard InChI is InChI=1S/C17H18O4/c1-3-12-20-14-9-5-4-8-13(14)17(18)21-16-11-7-6-10-15(16)19-2/h4-11H,3,12H2,1-2H3. The minimum absolute atomic E-state index is 0.385. The Hall–Kier alpha value is -2.49. The van der Waals surface area contributed by atoms with E-state index in [4.69, 9.17) is 14.2 Å². The predicted octanol–water partition coefficient (Wildman–Crippen LogP) is 3.70. The summed E-state index contributed by atoms with van der Waals surface area (Å²) in [5.41, 5.74) is 0.400. The topological polar surface area (TPSA) is 44.8 Å². The summed E-state index contributed by atoms with van der Waals surface area (Å²) in [7, 11) is 1.53. The molecule has 4 nitrogen and oxygen atoms in total. The van der Waals surface area contributed by atoms with Gasteiger partial charge in [0.25, 0.3) is 0 Å². The lowest BCUT2D eigenvalue weighted by Crippen LogP contribution is -2.11. The van der Waals surface area contributed by atoms with Gasteiger partial charge in [-0.05, 0) is 30.7 Å². The van der Waals surface area contributed by atoms with E-state index in [0.717, 1.165) is 6.42 Å². The molecule has 0 saturated heterocycles. The largest absolute Gasteiger partial charge is 0.493 e. The van der Waals surface area contributed by atoms with Crippen LogP contribution in [0.2, 0.25) is 0 Å². The number of carbonyl (C=O) groups is 1. The second-order valence-electron chi connectivity index (χ2n) is 4.38. The van der Waals surface area contributed by atoms with E-state index in [1.807, 2.05) is 19.1 Å². The molecule has 21 heavy (non-hydrogen) atoms. The Labute approximate surface area is 124 Å². The lowest BCUT2D eigenvalue weighted by atomic mass is 10.2. The van der Waals surface area contributed by atoms with Crippen molar-refractivity contribution in [3.8, 4) is 17.2 Å². The Balaban J connectivity index is 2.20. The van der Waals surface area contributed by atoms with Crippen LogP contribution in [-0.2, 0) is 0 Å². The van der Waals surface area contributed by atoms with Crippen molar-refractivity contribution in [3.05, 3.63) is 54.1 Å². The summed E-state index contributed by atoms with van der Waals surface area (Å²) in [6.07, 6.45) is 0.871. The van der Waals surface area contributed by atoms with E-state index in [-0.39, 0.29) is 0 Å². The third-order valence-electron chi connectivity index (χ3n) is 2.84. The Morgan fingerprint density at radius 3 is 2.24 bits per heavy atom. The predicted molar refractivity (Wildman–Crippen MR) is 80.2 cm³/mol. The van der Waals surface area contributed by atoms with Crippen molar-refractivity contribution in [1.82, 2.24) is 0 Å². The number of carbonyl (C=O) groups excluding carboxylic acids is 1. The van der Waals surface area contributed by atoms with Gasteiger partial charge in [0.1, 0.15) is 11.3 Å². The molecule has 2 aromatic rings.